The Labute approximate surface area is 75.8 Å². The van der Waals surface area contributed by atoms with Crippen LogP contribution in [0.3, 0.4) is 0 Å². The van der Waals surface area contributed by atoms with Crippen LogP contribution in [-0.2, 0) is 7.05 Å². The lowest BCUT2D eigenvalue weighted by Gasteiger charge is -1.95. The number of rotatable bonds is 0. The first-order chi connectivity index (χ1) is 5.70. The van der Waals surface area contributed by atoms with Crippen molar-refractivity contribution in [2.75, 3.05) is 0 Å². The monoisotopic (exact) mass is 180 g/mol. The second kappa shape index (κ2) is 2.49. The highest BCUT2D eigenvalue weighted by molar-refractivity contribution is 6.34. The average Bonchev–Trinajstić information content (AvgIpc) is 2.29. The fourth-order valence-corrected chi connectivity index (χ4v) is 1.81. The van der Waals surface area contributed by atoms with E-state index in [1.807, 2.05) is 20.0 Å². The van der Waals surface area contributed by atoms with Gasteiger partial charge in [-0.3, -0.25) is 0 Å². The summed E-state index contributed by atoms with van der Waals surface area (Å²) in [5.41, 5.74) is 2.30. The van der Waals surface area contributed by atoms with Gasteiger partial charge in [0.1, 0.15) is 5.15 Å². The van der Waals surface area contributed by atoms with E-state index in [1.165, 1.54) is 5.56 Å². The molecule has 0 aromatic carbocycles. The number of pyridine rings is 1. The highest BCUT2D eigenvalue weighted by Crippen LogP contribution is 2.25. The van der Waals surface area contributed by atoms with E-state index in [0.717, 1.165) is 10.9 Å². The topological polar surface area (TPSA) is 17.8 Å². The Morgan fingerprint density at radius 3 is 2.92 bits per heavy atom. The Hall–Kier alpha value is -1.02. The van der Waals surface area contributed by atoms with Gasteiger partial charge in [-0.1, -0.05) is 11.6 Å². The van der Waals surface area contributed by atoms with Crippen LogP contribution >= 0.6 is 11.6 Å². The third kappa shape index (κ3) is 0.916. The predicted molar refractivity (Wildman–Crippen MR) is 50.5 cm³/mol. The highest BCUT2D eigenvalue weighted by Gasteiger charge is 2.06. The van der Waals surface area contributed by atoms with Crippen LogP contribution in [0.25, 0.3) is 10.9 Å². The van der Waals surface area contributed by atoms with E-state index in [9.17, 15) is 0 Å². The fraction of sp³-hybridized carbons (Fsp3) is 0.222. The maximum absolute atomic E-state index is 5.95. The molecule has 0 bridgehead atoms. The van der Waals surface area contributed by atoms with Gasteiger partial charge in [-0.25, -0.2) is 4.98 Å². The minimum atomic E-state index is 0.589. The molecule has 62 valence electrons. The van der Waals surface area contributed by atoms with Gasteiger partial charge in [-0.05, 0) is 18.6 Å². The Morgan fingerprint density at radius 2 is 2.25 bits per heavy atom. The lowest BCUT2D eigenvalue weighted by Crippen LogP contribution is -1.83. The van der Waals surface area contributed by atoms with E-state index in [1.54, 1.807) is 6.20 Å². The summed E-state index contributed by atoms with van der Waals surface area (Å²) in [4.78, 5) is 4.03. The maximum Gasteiger partial charge on any atom is 0.138 e. The Bertz CT molecular complexity index is 431. The lowest BCUT2D eigenvalue weighted by atomic mass is 10.2. The zero-order valence-corrected chi connectivity index (χ0v) is 7.76. The molecule has 0 aliphatic rings. The van der Waals surface area contributed by atoms with Crippen molar-refractivity contribution in [3.63, 3.8) is 0 Å². The van der Waals surface area contributed by atoms with E-state index in [0.29, 0.717) is 5.15 Å². The highest BCUT2D eigenvalue weighted by atomic mass is 35.5. The summed E-state index contributed by atoms with van der Waals surface area (Å²) < 4.78 is 2.05. The summed E-state index contributed by atoms with van der Waals surface area (Å²) in [7, 11) is 2.01. The van der Waals surface area contributed by atoms with E-state index >= 15 is 0 Å². The number of nitrogens with zero attached hydrogens (tertiary/aromatic N) is 2. The van der Waals surface area contributed by atoms with Crippen LogP contribution in [0.4, 0.5) is 0 Å². The zero-order valence-electron chi connectivity index (χ0n) is 7.00. The van der Waals surface area contributed by atoms with Gasteiger partial charge >= 0.3 is 0 Å². The second-order valence-electron chi connectivity index (χ2n) is 2.92. The molecule has 0 saturated heterocycles. The fourth-order valence-electron chi connectivity index (χ4n) is 1.51. The number of aryl methyl sites for hydroxylation is 2. The quantitative estimate of drug-likeness (QED) is 0.570. The van der Waals surface area contributed by atoms with Crippen molar-refractivity contribution in [1.82, 2.24) is 9.55 Å². The number of halogens is 1. The molecule has 3 heteroatoms. The molecule has 0 saturated carbocycles. The van der Waals surface area contributed by atoms with Crippen molar-refractivity contribution < 1.29 is 0 Å². The van der Waals surface area contributed by atoms with E-state index in [-0.39, 0.29) is 0 Å². The van der Waals surface area contributed by atoms with Gasteiger partial charge in [0.2, 0.25) is 0 Å². The molecule has 2 aromatic heterocycles. The summed E-state index contributed by atoms with van der Waals surface area (Å²) in [6.45, 7) is 2.04. The van der Waals surface area contributed by atoms with Gasteiger partial charge in [0.15, 0.2) is 0 Å². The molecule has 2 aromatic rings. The van der Waals surface area contributed by atoms with Gasteiger partial charge in [0.25, 0.3) is 0 Å². The molecule has 0 aliphatic heterocycles. The number of hydrogen-bond acceptors (Lipinski definition) is 1. The van der Waals surface area contributed by atoms with E-state index < -0.39 is 0 Å². The van der Waals surface area contributed by atoms with Crippen LogP contribution in [0.5, 0.6) is 0 Å². The van der Waals surface area contributed by atoms with Crippen LogP contribution in [0.15, 0.2) is 18.5 Å². The summed E-state index contributed by atoms with van der Waals surface area (Å²) in [5.74, 6) is 0. The zero-order chi connectivity index (χ0) is 8.72. The van der Waals surface area contributed by atoms with Crippen molar-refractivity contribution in [3.8, 4) is 0 Å². The maximum atomic E-state index is 5.95. The van der Waals surface area contributed by atoms with E-state index in [2.05, 4.69) is 15.7 Å². The summed E-state index contributed by atoms with van der Waals surface area (Å²) in [6.07, 6.45) is 3.78. The van der Waals surface area contributed by atoms with Crippen LogP contribution in [0.1, 0.15) is 5.56 Å². The van der Waals surface area contributed by atoms with Crippen molar-refractivity contribution >= 4 is 22.5 Å². The molecule has 0 unspecified atom stereocenters. The molecule has 0 atom stereocenters. The molecule has 0 amide bonds. The van der Waals surface area contributed by atoms with Crippen molar-refractivity contribution in [2.24, 2.45) is 7.05 Å². The molecular weight excluding hydrogens is 172 g/mol. The summed E-state index contributed by atoms with van der Waals surface area (Å²) in [6, 6.07) is 1.97. The van der Waals surface area contributed by atoms with Gasteiger partial charge in [-0.2, -0.15) is 0 Å². The standard InChI is InChI=1S/C9H9ClN2/c1-6-5-12(2)7-3-4-11-9(10)8(6)7/h3-5H,1-2H3. The molecule has 0 fully saturated rings. The van der Waals surface area contributed by atoms with Crippen LogP contribution < -0.4 is 0 Å². The average molecular weight is 181 g/mol. The molecule has 2 nitrogen and oxygen atoms in total. The van der Waals surface area contributed by atoms with Gasteiger partial charge in [-0.15, -0.1) is 0 Å². The number of hydrogen-bond donors (Lipinski definition) is 0. The number of aromatic nitrogens is 2. The Kier molecular flexibility index (Phi) is 1.58. The minimum absolute atomic E-state index is 0.589. The van der Waals surface area contributed by atoms with E-state index in [4.69, 9.17) is 11.6 Å². The number of fused-ring (bicyclic) bond motifs is 1. The molecule has 2 heterocycles. The van der Waals surface area contributed by atoms with Crippen LogP contribution in [0.2, 0.25) is 5.15 Å². The van der Waals surface area contributed by atoms with Gasteiger partial charge in [0.05, 0.1) is 5.52 Å². The SMILES string of the molecule is Cc1cn(C)c2ccnc(Cl)c12. The second-order valence-corrected chi connectivity index (χ2v) is 3.28. The van der Waals surface area contributed by atoms with Gasteiger partial charge in [0, 0.05) is 24.8 Å². The first-order valence-electron chi connectivity index (χ1n) is 3.76. The van der Waals surface area contributed by atoms with Crippen molar-refractivity contribution in [2.45, 2.75) is 6.92 Å². The lowest BCUT2D eigenvalue weighted by molar-refractivity contribution is 0.963. The largest absolute Gasteiger partial charge is 0.350 e. The molecule has 2 rings (SSSR count). The minimum Gasteiger partial charge on any atom is -0.350 e. The van der Waals surface area contributed by atoms with Crippen LogP contribution in [0, 0.1) is 6.92 Å². The molecule has 0 N–H and O–H groups in total. The predicted octanol–water partition coefficient (Wildman–Crippen LogP) is 2.54. The molecule has 12 heavy (non-hydrogen) atoms. The Morgan fingerprint density at radius 1 is 1.50 bits per heavy atom. The molecule has 0 aliphatic carbocycles. The first kappa shape index (κ1) is 7.62. The normalized spacial score (nSPS) is 10.9. The van der Waals surface area contributed by atoms with Crippen molar-refractivity contribution in [3.05, 3.63) is 29.2 Å². The Balaban J connectivity index is 2.99. The molecule has 0 radical (unpaired) electrons. The van der Waals surface area contributed by atoms with Gasteiger partial charge < -0.3 is 4.57 Å². The molecule has 0 spiro atoms. The summed E-state index contributed by atoms with van der Waals surface area (Å²) >= 11 is 5.95. The van der Waals surface area contributed by atoms with Crippen LogP contribution in [-0.4, -0.2) is 9.55 Å². The third-order valence-corrected chi connectivity index (χ3v) is 2.33. The smallest absolute Gasteiger partial charge is 0.138 e. The third-order valence-electron chi connectivity index (χ3n) is 2.04. The molecular formula is C9H9ClN2. The summed E-state index contributed by atoms with van der Waals surface area (Å²) in [5, 5.41) is 1.65. The first-order valence-corrected chi connectivity index (χ1v) is 4.14. The van der Waals surface area contributed by atoms with Crippen molar-refractivity contribution in [1.29, 1.82) is 0 Å².